The molecule has 0 aliphatic carbocycles. The van der Waals surface area contributed by atoms with E-state index in [1.807, 2.05) is 17.0 Å². The van der Waals surface area contributed by atoms with Gasteiger partial charge in [0.2, 0.25) is 5.91 Å². The van der Waals surface area contributed by atoms with Crippen LogP contribution >= 0.6 is 0 Å². The molecule has 1 amide bonds. The quantitative estimate of drug-likeness (QED) is 0.759. The van der Waals surface area contributed by atoms with Gasteiger partial charge in [-0.05, 0) is 18.1 Å². The molecular weight excluding hydrogens is 218 g/mol. The molecule has 1 fully saturated rings. The van der Waals surface area contributed by atoms with Gasteiger partial charge in [-0.15, -0.1) is 0 Å². The highest BCUT2D eigenvalue weighted by Crippen LogP contribution is 2.10. The van der Waals surface area contributed by atoms with Crippen LogP contribution < -0.4 is 5.32 Å². The number of aliphatic hydroxyl groups is 1. The number of carbonyl (C=O) groups excluding carboxylic acids is 1. The van der Waals surface area contributed by atoms with Crippen LogP contribution in [-0.4, -0.2) is 46.6 Å². The van der Waals surface area contributed by atoms with Crippen LogP contribution in [0.1, 0.15) is 12.0 Å². The van der Waals surface area contributed by atoms with Crippen LogP contribution in [0.25, 0.3) is 0 Å². The Balaban J connectivity index is 2.09. The van der Waals surface area contributed by atoms with Crippen molar-refractivity contribution in [3.63, 3.8) is 0 Å². The van der Waals surface area contributed by atoms with Gasteiger partial charge in [0.25, 0.3) is 0 Å². The molecule has 1 aromatic rings. The fourth-order valence-electron chi connectivity index (χ4n) is 2.05. The van der Waals surface area contributed by atoms with E-state index in [-0.39, 0.29) is 12.5 Å². The van der Waals surface area contributed by atoms with Crippen molar-refractivity contribution in [1.29, 1.82) is 0 Å². The van der Waals surface area contributed by atoms with Crippen molar-refractivity contribution in [3.05, 3.63) is 30.1 Å². The van der Waals surface area contributed by atoms with Gasteiger partial charge in [-0.1, -0.05) is 6.07 Å². The molecule has 0 bridgehead atoms. The Morgan fingerprint density at radius 1 is 1.59 bits per heavy atom. The normalized spacial score (nSPS) is 21.9. The predicted molar refractivity (Wildman–Crippen MR) is 63.1 cm³/mol. The molecule has 1 aromatic heterocycles. The maximum absolute atomic E-state index is 11.7. The molecule has 2 heterocycles. The summed E-state index contributed by atoms with van der Waals surface area (Å²) >= 11 is 0. The number of nitrogens with one attached hydrogen (secondary N) is 1. The van der Waals surface area contributed by atoms with E-state index in [9.17, 15) is 9.90 Å². The molecule has 0 aromatic carbocycles. The molecule has 92 valence electrons. The summed E-state index contributed by atoms with van der Waals surface area (Å²) in [6.07, 6.45) is 4.42. The Kier molecular flexibility index (Phi) is 4.06. The predicted octanol–water partition coefficient (Wildman–Crippen LogP) is -0.236. The first kappa shape index (κ1) is 12.0. The zero-order chi connectivity index (χ0) is 12.1. The zero-order valence-corrected chi connectivity index (χ0v) is 9.67. The van der Waals surface area contributed by atoms with Crippen LogP contribution in [0.4, 0.5) is 0 Å². The second-order valence-corrected chi connectivity index (χ2v) is 4.17. The number of amides is 1. The summed E-state index contributed by atoms with van der Waals surface area (Å²) < 4.78 is 0. The minimum absolute atomic E-state index is 0.0890. The number of pyridine rings is 1. The van der Waals surface area contributed by atoms with Gasteiger partial charge >= 0.3 is 0 Å². The Labute approximate surface area is 100 Å². The van der Waals surface area contributed by atoms with Gasteiger partial charge in [-0.3, -0.25) is 14.7 Å². The van der Waals surface area contributed by atoms with Crippen molar-refractivity contribution in [1.82, 2.24) is 15.2 Å². The Morgan fingerprint density at radius 3 is 3.18 bits per heavy atom. The highest BCUT2D eigenvalue weighted by atomic mass is 16.3. The average Bonchev–Trinajstić information content (AvgIpc) is 2.52. The van der Waals surface area contributed by atoms with Crippen molar-refractivity contribution in [3.8, 4) is 0 Å². The maximum atomic E-state index is 11.7. The first-order valence-electron chi connectivity index (χ1n) is 5.83. The molecule has 5 heteroatoms. The summed E-state index contributed by atoms with van der Waals surface area (Å²) in [6.45, 7) is 1.98. The van der Waals surface area contributed by atoms with E-state index in [4.69, 9.17) is 0 Å². The topological polar surface area (TPSA) is 65.5 Å². The van der Waals surface area contributed by atoms with Gasteiger partial charge in [-0.25, -0.2) is 0 Å². The van der Waals surface area contributed by atoms with E-state index in [2.05, 4.69) is 10.3 Å². The standard InChI is InChI=1S/C12H17N3O2/c16-9-11-12(17)14-5-2-6-15(11)8-10-3-1-4-13-7-10/h1,3-4,7,11,16H,2,5-6,8-9H2,(H,14,17). The van der Waals surface area contributed by atoms with Crippen molar-refractivity contribution < 1.29 is 9.90 Å². The molecule has 2 N–H and O–H groups in total. The Bertz CT molecular complexity index is 369. The fourth-order valence-corrected chi connectivity index (χ4v) is 2.05. The van der Waals surface area contributed by atoms with Gasteiger partial charge in [0.1, 0.15) is 6.04 Å². The molecule has 0 spiro atoms. The monoisotopic (exact) mass is 235 g/mol. The van der Waals surface area contributed by atoms with Gasteiger partial charge in [0.05, 0.1) is 6.61 Å². The lowest BCUT2D eigenvalue weighted by Gasteiger charge is -2.26. The molecule has 17 heavy (non-hydrogen) atoms. The molecule has 1 atom stereocenters. The smallest absolute Gasteiger partial charge is 0.239 e. The van der Waals surface area contributed by atoms with Crippen LogP contribution in [0.2, 0.25) is 0 Å². The number of carbonyl (C=O) groups is 1. The lowest BCUT2D eigenvalue weighted by molar-refractivity contribution is -0.127. The molecule has 0 radical (unpaired) electrons. The van der Waals surface area contributed by atoms with E-state index >= 15 is 0 Å². The van der Waals surface area contributed by atoms with E-state index < -0.39 is 6.04 Å². The van der Waals surface area contributed by atoms with Crippen LogP contribution in [0.3, 0.4) is 0 Å². The lowest BCUT2D eigenvalue weighted by Crippen LogP contribution is -2.46. The lowest BCUT2D eigenvalue weighted by atomic mass is 10.2. The summed E-state index contributed by atoms with van der Waals surface area (Å²) in [5.74, 6) is -0.0890. The minimum Gasteiger partial charge on any atom is -0.394 e. The third-order valence-electron chi connectivity index (χ3n) is 2.95. The molecule has 0 saturated carbocycles. The largest absolute Gasteiger partial charge is 0.394 e. The number of rotatable bonds is 3. The van der Waals surface area contributed by atoms with Gasteiger partial charge < -0.3 is 10.4 Å². The molecule has 1 aliphatic rings. The van der Waals surface area contributed by atoms with E-state index in [1.165, 1.54) is 0 Å². The van der Waals surface area contributed by atoms with Crippen LogP contribution in [0.5, 0.6) is 0 Å². The Morgan fingerprint density at radius 2 is 2.47 bits per heavy atom. The third-order valence-corrected chi connectivity index (χ3v) is 2.95. The van der Waals surface area contributed by atoms with Crippen molar-refractivity contribution >= 4 is 5.91 Å². The second kappa shape index (κ2) is 5.75. The molecule has 1 unspecified atom stereocenters. The van der Waals surface area contributed by atoms with Crippen LogP contribution in [0, 0.1) is 0 Å². The first-order chi connectivity index (χ1) is 8.31. The third kappa shape index (κ3) is 3.01. The van der Waals surface area contributed by atoms with Crippen molar-refractivity contribution in [2.45, 2.75) is 19.0 Å². The second-order valence-electron chi connectivity index (χ2n) is 4.17. The summed E-state index contributed by atoms with van der Waals surface area (Å²) in [7, 11) is 0. The number of nitrogens with zero attached hydrogens (tertiary/aromatic N) is 2. The van der Waals surface area contributed by atoms with Gasteiger partial charge in [0, 0.05) is 32.0 Å². The Hall–Kier alpha value is -1.46. The van der Waals surface area contributed by atoms with Gasteiger partial charge in [-0.2, -0.15) is 0 Å². The summed E-state index contributed by atoms with van der Waals surface area (Å²) in [6, 6.07) is 3.41. The zero-order valence-electron chi connectivity index (χ0n) is 9.67. The summed E-state index contributed by atoms with van der Waals surface area (Å²) in [5.41, 5.74) is 1.06. The summed E-state index contributed by atoms with van der Waals surface area (Å²) in [4.78, 5) is 17.8. The van der Waals surface area contributed by atoms with E-state index in [1.54, 1.807) is 12.4 Å². The summed E-state index contributed by atoms with van der Waals surface area (Å²) in [5, 5.41) is 12.1. The van der Waals surface area contributed by atoms with Crippen molar-refractivity contribution in [2.24, 2.45) is 0 Å². The number of hydrogen-bond donors (Lipinski definition) is 2. The van der Waals surface area contributed by atoms with Crippen LogP contribution in [-0.2, 0) is 11.3 Å². The first-order valence-corrected chi connectivity index (χ1v) is 5.83. The fraction of sp³-hybridized carbons (Fsp3) is 0.500. The SMILES string of the molecule is O=C1NCCCN(Cc2cccnc2)C1CO. The molecule has 1 aliphatic heterocycles. The van der Waals surface area contributed by atoms with Crippen LogP contribution in [0.15, 0.2) is 24.5 Å². The molecule has 2 rings (SSSR count). The van der Waals surface area contributed by atoms with E-state index in [0.29, 0.717) is 13.1 Å². The highest BCUT2D eigenvalue weighted by molar-refractivity contribution is 5.82. The molecular formula is C12H17N3O2. The minimum atomic E-state index is -0.447. The average molecular weight is 235 g/mol. The maximum Gasteiger partial charge on any atom is 0.239 e. The van der Waals surface area contributed by atoms with E-state index in [0.717, 1.165) is 18.5 Å². The molecule has 5 nitrogen and oxygen atoms in total. The molecule has 1 saturated heterocycles. The highest BCUT2D eigenvalue weighted by Gasteiger charge is 2.27. The number of hydrogen-bond acceptors (Lipinski definition) is 4. The van der Waals surface area contributed by atoms with Gasteiger partial charge in [0.15, 0.2) is 0 Å². The number of aliphatic hydroxyl groups excluding tert-OH is 1. The number of aromatic nitrogens is 1. The van der Waals surface area contributed by atoms with Crippen molar-refractivity contribution in [2.75, 3.05) is 19.7 Å².